The first-order valence-corrected chi connectivity index (χ1v) is 8.30. The van der Waals surface area contributed by atoms with Crippen molar-refractivity contribution in [2.24, 2.45) is 0 Å². The molecule has 1 rings (SSSR count). The number of halogens is 3. The Labute approximate surface area is 108 Å². The van der Waals surface area contributed by atoms with Gasteiger partial charge in [-0.3, -0.25) is 0 Å². The molecule has 1 aromatic carbocycles. The van der Waals surface area contributed by atoms with Crippen LogP contribution < -0.4 is 4.18 Å². The largest absolute Gasteiger partial charge is 0.416 e. The summed E-state index contributed by atoms with van der Waals surface area (Å²) < 4.78 is 85.3. The summed E-state index contributed by atoms with van der Waals surface area (Å²) >= 11 is 0. The number of hydrogen-bond acceptors (Lipinski definition) is 5. The van der Waals surface area contributed by atoms with Crippen molar-refractivity contribution in [1.82, 2.24) is 0 Å². The molecule has 0 saturated carbocycles. The van der Waals surface area contributed by atoms with E-state index in [1.54, 1.807) is 0 Å². The van der Waals surface area contributed by atoms with Gasteiger partial charge in [0.15, 0.2) is 14.9 Å². The standard InChI is InChI=1S/C9H9F3O5S2/c1-18(13,14)6-19(15,16)17-8-4-2-7(3-5-8)9(10,11)12/h2-5H,6H2,1H3. The summed E-state index contributed by atoms with van der Waals surface area (Å²) in [6, 6.07) is 2.85. The summed E-state index contributed by atoms with van der Waals surface area (Å²) in [7, 11) is -8.24. The number of sulfone groups is 1. The van der Waals surface area contributed by atoms with E-state index in [2.05, 4.69) is 4.18 Å². The van der Waals surface area contributed by atoms with Gasteiger partial charge in [0.1, 0.15) is 5.75 Å². The Hall–Kier alpha value is -1.29. The van der Waals surface area contributed by atoms with Gasteiger partial charge in [0, 0.05) is 6.26 Å². The third-order valence-corrected chi connectivity index (χ3v) is 5.08. The van der Waals surface area contributed by atoms with Crippen LogP contribution in [0.15, 0.2) is 24.3 Å². The molecule has 0 aliphatic carbocycles. The fourth-order valence-corrected chi connectivity index (χ4v) is 3.83. The van der Waals surface area contributed by atoms with Gasteiger partial charge in [-0.05, 0) is 24.3 Å². The molecule has 0 bridgehead atoms. The molecule has 0 atom stereocenters. The summed E-state index contributed by atoms with van der Waals surface area (Å²) in [6.07, 6.45) is -3.86. The molecule has 0 saturated heterocycles. The van der Waals surface area contributed by atoms with Crippen molar-refractivity contribution < 1.29 is 34.2 Å². The van der Waals surface area contributed by atoms with Crippen LogP contribution in [0.5, 0.6) is 5.75 Å². The summed E-state index contributed by atoms with van der Waals surface area (Å²) in [5, 5.41) is -1.25. The Morgan fingerprint density at radius 2 is 1.53 bits per heavy atom. The molecule has 0 aliphatic heterocycles. The van der Waals surface area contributed by atoms with Gasteiger partial charge in [0.05, 0.1) is 5.56 Å². The third kappa shape index (κ3) is 5.47. The first-order chi connectivity index (χ1) is 8.39. The molecule has 10 heteroatoms. The minimum Gasteiger partial charge on any atom is -0.382 e. The minimum atomic E-state index is -4.55. The first-order valence-electron chi connectivity index (χ1n) is 4.66. The molecule has 0 amide bonds. The van der Waals surface area contributed by atoms with Crippen LogP contribution in [0.4, 0.5) is 13.2 Å². The summed E-state index contributed by atoms with van der Waals surface area (Å²) in [6.45, 7) is 0. The topological polar surface area (TPSA) is 77.5 Å². The van der Waals surface area contributed by atoms with Crippen molar-refractivity contribution in [1.29, 1.82) is 0 Å². The lowest BCUT2D eigenvalue weighted by atomic mass is 10.2. The molecule has 19 heavy (non-hydrogen) atoms. The van der Waals surface area contributed by atoms with Gasteiger partial charge in [-0.2, -0.15) is 21.6 Å². The zero-order valence-corrected chi connectivity index (χ0v) is 11.1. The zero-order chi connectivity index (χ0) is 14.9. The highest BCUT2D eigenvalue weighted by Gasteiger charge is 2.30. The number of alkyl halides is 3. The third-order valence-electron chi connectivity index (χ3n) is 1.76. The maximum absolute atomic E-state index is 12.2. The average molecular weight is 318 g/mol. The number of hydrogen-bond donors (Lipinski definition) is 0. The highest BCUT2D eigenvalue weighted by Crippen LogP contribution is 2.30. The molecule has 1 aromatic rings. The summed E-state index contributed by atoms with van der Waals surface area (Å²) in [4.78, 5) is 0. The summed E-state index contributed by atoms with van der Waals surface area (Å²) in [5.41, 5.74) is -0.972. The number of rotatable bonds is 4. The molecule has 5 nitrogen and oxygen atoms in total. The van der Waals surface area contributed by atoms with Crippen LogP contribution in [-0.4, -0.2) is 28.2 Å². The Morgan fingerprint density at radius 1 is 1.05 bits per heavy atom. The average Bonchev–Trinajstić information content (AvgIpc) is 2.11. The van der Waals surface area contributed by atoms with Gasteiger partial charge in [-0.25, -0.2) is 8.42 Å². The van der Waals surface area contributed by atoms with Crippen LogP contribution in [0.1, 0.15) is 5.56 Å². The quantitative estimate of drug-likeness (QED) is 0.785. The molecular weight excluding hydrogens is 309 g/mol. The lowest BCUT2D eigenvalue weighted by Gasteiger charge is -2.08. The molecule has 0 aromatic heterocycles. The molecule has 0 radical (unpaired) electrons. The van der Waals surface area contributed by atoms with Crippen LogP contribution in [-0.2, 0) is 26.1 Å². The highest BCUT2D eigenvalue weighted by molar-refractivity contribution is 8.05. The van der Waals surface area contributed by atoms with E-state index in [1.807, 2.05) is 0 Å². The molecule has 0 aliphatic rings. The van der Waals surface area contributed by atoms with Crippen LogP contribution in [0.2, 0.25) is 0 Å². The normalized spacial score (nSPS) is 13.3. The second-order valence-electron chi connectivity index (χ2n) is 3.71. The van der Waals surface area contributed by atoms with Crippen molar-refractivity contribution in [2.75, 3.05) is 11.3 Å². The number of benzene rings is 1. The molecule has 0 spiro atoms. The van der Waals surface area contributed by atoms with Gasteiger partial charge in [0.2, 0.25) is 0 Å². The highest BCUT2D eigenvalue weighted by atomic mass is 32.3. The van der Waals surface area contributed by atoms with Crippen LogP contribution >= 0.6 is 0 Å². The van der Waals surface area contributed by atoms with Gasteiger partial charge in [-0.1, -0.05) is 0 Å². The lowest BCUT2D eigenvalue weighted by Crippen LogP contribution is -2.20. The minimum absolute atomic E-state index is 0.392. The van der Waals surface area contributed by atoms with Crippen molar-refractivity contribution in [2.45, 2.75) is 6.18 Å². The zero-order valence-electron chi connectivity index (χ0n) is 9.51. The predicted octanol–water partition coefficient (Wildman–Crippen LogP) is 1.42. The van der Waals surface area contributed by atoms with E-state index in [9.17, 15) is 30.0 Å². The van der Waals surface area contributed by atoms with Gasteiger partial charge >= 0.3 is 16.3 Å². The van der Waals surface area contributed by atoms with Crippen LogP contribution in [0.3, 0.4) is 0 Å². The molecule has 0 heterocycles. The van der Waals surface area contributed by atoms with Crippen LogP contribution in [0, 0.1) is 0 Å². The predicted molar refractivity (Wildman–Crippen MR) is 60.7 cm³/mol. The maximum Gasteiger partial charge on any atom is 0.416 e. The Morgan fingerprint density at radius 3 is 1.89 bits per heavy atom. The Kier molecular flexibility index (Phi) is 4.15. The van der Waals surface area contributed by atoms with E-state index in [-0.39, 0.29) is 0 Å². The maximum atomic E-state index is 12.2. The van der Waals surface area contributed by atoms with Gasteiger partial charge in [0.25, 0.3) is 0 Å². The van der Waals surface area contributed by atoms with E-state index in [0.717, 1.165) is 12.1 Å². The Balaban J connectivity index is 2.90. The van der Waals surface area contributed by atoms with E-state index >= 15 is 0 Å². The molecule has 0 N–H and O–H groups in total. The molecular formula is C9H9F3O5S2. The van der Waals surface area contributed by atoms with Crippen molar-refractivity contribution in [3.05, 3.63) is 29.8 Å². The van der Waals surface area contributed by atoms with Crippen LogP contribution in [0.25, 0.3) is 0 Å². The fraction of sp³-hybridized carbons (Fsp3) is 0.333. The SMILES string of the molecule is CS(=O)(=O)CS(=O)(=O)Oc1ccc(C(F)(F)F)cc1. The smallest absolute Gasteiger partial charge is 0.382 e. The molecule has 108 valence electrons. The van der Waals surface area contributed by atoms with Gasteiger partial charge < -0.3 is 4.18 Å². The second kappa shape index (κ2) is 5.00. The second-order valence-corrected chi connectivity index (χ2v) is 7.78. The molecule has 0 fully saturated rings. The van der Waals surface area contributed by atoms with Crippen molar-refractivity contribution in [3.8, 4) is 5.75 Å². The van der Waals surface area contributed by atoms with E-state index in [1.165, 1.54) is 0 Å². The van der Waals surface area contributed by atoms with Gasteiger partial charge in [-0.15, -0.1) is 0 Å². The first kappa shape index (κ1) is 15.8. The summed E-state index contributed by atoms with van der Waals surface area (Å²) in [5.74, 6) is -0.392. The fourth-order valence-electron chi connectivity index (χ4n) is 1.13. The van der Waals surface area contributed by atoms with E-state index in [4.69, 9.17) is 0 Å². The van der Waals surface area contributed by atoms with Crippen molar-refractivity contribution in [3.63, 3.8) is 0 Å². The van der Waals surface area contributed by atoms with E-state index in [0.29, 0.717) is 18.4 Å². The Bertz CT molecular complexity index is 644. The molecule has 0 unspecified atom stereocenters. The van der Waals surface area contributed by atoms with Crippen molar-refractivity contribution >= 4 is 20.0 Å². The monoisotopic (exact) mass is 318 g/mol. The van der Waals surface area contributed by atoms with E-state index < -0.39 is 42.5 Å². The lowest BCUT2D eigenvalue weighted by molar-refractivity contribution is -0.137.